The molecule has 1 amide bonds. The van der Waals surface area contributed by atoms with Crippen LogP contribution in [0.1, 0.15) is 44.9 Å². The van der Waals surface area contributed by atoms with E-state index in [4.69, 9.17) is 27.9 Å². The van der Waals surface area contributed by atoms with Crippen molar-refractivity contribution in [3.8, 4) is 0 Å². The van der Waals surface area contributed by atoms with Crippen LogP contribution in [0.2, 0.25) is 10.0 Å². The second-order valence-electron chi connectivity index (χ2n) is 9.20. The first kappa shape index (κ1) is 22.8. The third kappa shape index (κ3) is 5.16. The molecule has 170 valence electrons. The molecule has 4 rings (SSSR count). The van der Waals surface area contributed by atoms with E-state index in [0.29, 0.717) is 23.1 Å². The highest BCUT2D eigenvalue weighted by atomic mass is 35.5. The second-order valence-corrected chi connectivity index (χ2v) is 10.0. The first-order valence-electron chi connectivity index (χ1n) is 11.0. The Hall–Kier alpha value is -2.37. The zero-order valence-corrected chi connectivity index (χ0v) is 20.2. The number of halogens is 2. The number of ether oxygens (including phenoxy) is 1. The van der Waals surface area contributed by atoms with Gasteiger partial charge in [0.2, 0.25) is 0 Å². The summed E-state index contributed by atoms with van der Waals surface area (Å²) >= 11 is 12.2. The van der Waals surface area contributed by atoms with E-state index in [9.17, 15) is 4.79 Å². The van der Waals surface area contributed by atoms with Crippen molar-refractivity contribution in [1.29, 1.82) is 0 Å². The number of nitrogens with zero attached hydrogens (tertiary/aromatic N) is 1. The van der Waals surface area contributed by atoms with E-state index >= 15 is 0 Å². The van der Waals surface area contributed by atoms with Crippen LogP contribution in [0, 0.1) is 0 Å². The lowest BCUT2D eigenvalue weighted by Crippen LogP contribution is -2.34. The molecule has 1 aliphatic carbocycles. The van der Waals surface area contributed by atoms with Crippen molar-refractivity contribution in [1.82, 2.24) is 9.88 Å². The molecule has 0 unspecified atom stereocenters. The van der Waals surface area contributed by atoms with Crippen LogP contribution in [-0.2, 0) is 24.1 Å². The summed E-state index contributed by atoms with van der Waals surface area (Å²) in [5.41, 5.74) is 5.34. The van der Waals surface area contributed by atoms with E-state index in [2.05, 4.69) is 33.4 Å². The maximum atomic E-state index is 12.1. The van der Waals surface area contributed by atoms with Gasteiger partial charge >= 0.3 is 6.09 Å². The molecule has 0 radical (unpaired) electrons. The zero-order chi connectivity index (χ0) is 22.9. The number of aryl methyl sites for hydroxylation is 1. The molecular formula is C25H29Cl2N3O2. The summed E-state index contributed by atoms with van der Waals surface area (Å²) in [5, 5.41) is 8.66. The summed E-state index contributed by atoms with van der Waals surface area (Å²) in [6.07, 6.45) is 4.18. The molecule has 0 saturated carbocycles. The molecule has 0 fully saturated rings. The number of carbonyl (C=O) groups is 1. The van der Waals surface area contributed by atoms with Crippen molar-refractivity contribution in [2.24, 2.45) is 0 Å². The average Bonchev–Trinajstić information content (AvgIpc) is 3.03. The topological polar surface area (TPSA) is 55.3 Å². The lowest BCUT2D eigenvalue weighted by molar-refractivity contribution is 0.0526. The Bertz CT molecular complexity index is 1150. The normalized spacial score (nSPS) is 13.7. The van der Waals surface area contributed by atoms with Crippen LogP contribution in [0.3, 0.4) is 0 Å². The minimum atomic E-state index is -0.505. The summed E-state index contributed by atoms with van der Waals surface area (Å²) in [7, 11) is 0. The van der Waals surface area contributed by atoms with Gasteiger partial charge in [-0.25, -0.2) is 4.79 Å². The summed E-state index contributed by atoms with van der Waals surface area (Å²) in [4.78, 5) is 12.1. The predicted octanol–water partition coefficient (Wildman–Crippen LogP) is 7.10. The van der Waals surface area contributed by atoms with Crippen molar-refractivity contribution in [2.45, 2.75) is 58.6 Å². The Morgan fingerprint density at radius 2 is 1.75 bits per heavy atom. The van der Waals surface area contributed by atoms with Gasteiger partial charge in [0.15, 0.2) is 0 Å². The van der Waals surface area contributed by atoms with Crippen LogP contribution in [0.4, 0.5) is 16.2 Å². The van der Waals surface area contributed by atoms with Gasteiger partial charge in [0.25, 0.3) is 0 Å². The highest BCUT2D eigenvalue weighted by Gasteiger charge is 2.21. The van der Waals surface area contributed by atoms with Gasteiger partial charge in [0.1, 0.15) is 5.60 Å². The van der Waals surface area contributed by atoms with Crippen LogP contribution in [-0.4, -0.2) is 22.8 Å². The van der Waals surface area contributed by atoms with Crippen LogP contribution in [0.5, 0.6) is 0 Å². The molecule has 7 heteroatoms. The number of amides is 1. The van der Waals surface area contributed by atoms with Gasteiger partial charge in [-0.3, -0.25) is 0 Å². The third-order valence-electron chi connectivity index (χ3n) is 5.59. The van der Waals surface area contributed by atoms with Crippen molar-refractivity contribution >= 4 is 51.6 Å². The Morgan fingerprint density at radius 3 is 2.50 bits per heavy atom. The molecule has 5 nitrogen and oxygen atoms in total. The number of rotatable bonds is 5. The van der Waals surface area contributed by atoms with E-state index < -0.39 is 5.60 Å². The van der Waals surface area contributed by atoms with Gasteiger partial charge in [-0.2, -0.15) is 0 Å². The van der Waals surface area contributed by atoms with Crippen molar-refractivity contribution in [3.63, 3.8) is 0 Å². The van der Waals surface area contributed by atoms with Crippen molar-refractivity contribution in [3.05, 3.63) is 57.7 Å². The van der Waals surface area contributed by atoms with Gasteiger partial charge in [0.05, 0.1) is 15.6 Å². The fourth-order valence-corrected chi connectivity index (χ4v) is 4.59. The summed E-state index contributed by atoms with van der Waals surface area (Å²) in [6, 6.07) is 12.0. The second kappa shape index (κ2) is 9.24. The van der Waals surface area contributed by atoms with Crippen LogP contribution >= 0.6 is 23.2 Å². The number of aromatic nitrogens is 1. The van der Waals surface area contributed by atoms with Crippen molar-refractivity contribution < 1.29 is 9.53 Å². The first-order chi connectivity index (χ1) is 15.2. The average molecular weight is 474 g/mol. The maximum absolute atomic E-state index is 12.1. The zero-order valence-electron chi connectivity index (χ0n) is 18.7. The number of nitrogens with one attached hydrogen (secondary N) is 2. The van der Waals surface area contributed by atoms with E-state index in [0.717, 1.165) is 24.2 Å². The molecular weight excluding hydrogens is 445 g/mol. The fraction of sp³-hybridized carbons (Fsp3) is 0.400. The smallest absolute Gasteiger partial charge is 0.407 e. The van der Waals surface area contributed by atoms with E-state index in [-0.39, 0.29) is 6.09 Å². The van der Waals surface area contributed by atoms with Crippen LogP contribution in [0.25, 0.3) is 10.9 Å². The number of fused-ring (bicyclic) bond motifs is 3. The van der Waals surface area contributed by atoms with E-state index in [1.807, 2.05) is 32.9 Å². The molecule has 1 aliphatic rings. The highest BCUT2D eigenvalue weighted by Crippen LogP contribution is 2.35. The van der Waals surface area contributed by atoms with E-state index in [1.165, 1.54) is 35.0 Å². The Morgan fingerprint density at radius 1 is 1.03 bits per heavy atom. The van der Waals surface area contributed by atoms with Gasteiger partial charge in [-0.15, -0.1) is 0 Å². The standard InChI is InChI=1S/C25H29Cl2N3O2/c1-25(2,3)32-24(31)28-12-13-30-22-7-5-4-6-18(22)19-10-8-17(15-23(19)30)29-16-9-11-20(26)21(27)14-16/h8-11,14-15,29H,4-7,12-13H2,1-3H3,(H,28,31). The Kier molecular flexibility index (Phi) is 6.59. The van der Waals surface area contributed by atoms with Crippen molar-refractivity contribution in [2.75, 3.05) is 11.9 Å². The molecule has 3 aromatic rings. The third-order valence-corrected chi connectivity index (χ3v) is 6.33. The number of alkyl carbamates (subject to hydrolysis) is 1. The molecule has 32 heavy (non-hydrogen) atoms. The van der Waals surface area contributed by atoms with Crippen LogP contribution < -0.4 is 10.6 Å². The predicted molar refractivity (Wildman–Crippen MR) is 133 cm³/mol. The highest BCUT2D eigenvalue weighted by molar-refractivity contribution is 6.42. The summed E-state index contributed by atoms with van der Waals surface area (Å²) < 4.78 is 7.72. The monoisotopic (exact) mass is 473 g/mol. The molecule has 1 heterocycles. The Balaban J connectivity index is 1.59. The fourth-order valence-electron chi connectivity index (χ4n) is 4.29. The van der Waals surface area contributed by atoms with Gasteiger partial charge in [0, 0.05) is 35.5 Å². The quantitative estimate of drug-likeness (QED) is 0.415. The molecule has 0 bridgehead atoms. The van der Waals surface area contributed by atoms with Gasteiger partial charge in [-0.1, -0.05) is 29.3 Å². The van der Waals surface area contributed by atoms with Crippen LogP contribution in [0.15, 0.2) is 36.4 Å². The summed E-state index contributed by atoms with van der Waals surface area (Å²) in [5.74, 6) is 0. The molecule has 0 atom stereocenters. The molecule has 1 aromatic heterocycles. The number of benzene rings is 2. The minimum absolute atomic E-state index is 0.384. The Labute approximate surface area is 199 Å². The minimum Gasteiger partial charge on any atom is -0.444 e. The molecule has 2 N–H and O–H groups in total. The van der Waals surface area contributed by atoms with Gasteiger partial charge < -0.3 is 19.9 Å². The lowest BCUT2D eigenvalue weighted by Gasteiger charge is -2.20. The lowest BCUT2D eigenvalue weighted by atomic mass is 9.95. The number of carbonyl (C=O) groups excluding carboxylic acids is 1. The number of hydrogen-bond acceptors (Lipinski definition) is 3. The molecule has 0 spiro atoms. The first-order valence-corrected chi connectivity index (χ1v) is 11.8. The SMILES string of the molecule is CC(C)(C)OC(=O)NCCn1c2c(c3ccc(Nc4ccc(Cl)c(Cl)c4)cc31)CCCC2. The largest absolute Gasteiger partial charge is 0.444 e. The van der Waals surface area contributed by atoms with Gasteiger partial charge in [-0.05, 0) is 82.3 Å². The molecule has 0 aliphatic heterocycles. The van der Waals surface area contributed by atoms with E-state index in [1.54, 1.807) is 6.07 Å². The number of hydrogen-bond donors (Lipinski definition) is 2. The molecule has 0 saturated heterocycles. The summed E-state index contributed by atoms with van der Waals surface area (Å²) in [6.45, 7) is 6.80. The molecule has 2 aromatic carbocycles. The maximum Gasteiger partial charge on any atom is 0.407 e. The number of anilines is 2.